The van der Waals surface area contributed by atoms with E-state index < -0.39 is 15.9 Å². The molecule has 1 fully saturated rings. The third-order valence-corrected chi connectivity index (χ3v) is 5.63. The lowest BCUT2D eigenvalue weighted by atomic mass is 10.1. The Labute approximate surface area is 177 Å². The fourth-order valence-corrected chi connectivity index (χ4v) is 4.00. The Hall–Kier alpha value is -2.87. The molecule has 1 unspecified atom stereocenters. The van der Waals surface area contributed by atoms with E-state index in [0.29, 0.717) is 17.9 Å². The molecule has 0 aromatic heterocycles. The molecule has 1 saturated heterocycles. The van der Waals surface area contributed by atoms with Crippen molar-refractivity contribution in [3.8, 4) is 0 Å². The van der Waals surface area contributed by atoms with E-state index in [2.05, 4.69) is 17.0 Å². The molecule has 30 heavy (non-hydrogen) atoms. The number of benzene rings is 2. The Morgan fingerprint density at radius 1 is 1.07 bits per heavy atom. The molecule has 2 amide bonds. The Kier molecular flexibility index (Phi) is 6.77. The van der Waals surface area contributed by atoms with Crippen molar-refractivity contribution in [1.29, 1.82) is 0 Å². The number of amides is 2. The van der Waals surface area contributed by atoms with Crippen LogP contribution in [-0.4, -0.2) is 33.0 Å². The summed E-state index contributed by atoms with van der Waals surface area (Å²) in [7, 11) is -3.35. The molecule has 160 valence electrons. The summed E-state index contributed by atoms with van der Waals surface area (Å²) in [5, 5.41) is 2.80. The van der Waals surface area contributed by atoms with Crippen LogP contribution in [0.4, 0.5) is 17.1 Å². The van der Waals surface area contributed by atoms with Gasteiger partial charge < -0.3 is 10.2 Å². The van der Waals surface area contributed by atoms with Crippen LogP contribution in [0.5, 0.6) is 0 Å². The monoisotopic (exact) mass is 429 g/mol. The molecule has 2 aromatic carbocycles. The predicted molar refractivity (Wildman–Crippen MR) is 119 cm³/mol. The van der Waals surface area contributed by atoms with Crippen LogP contribution < -0.4 is 14.9 Å². The van der Waals surface area contributed by atoms with Gasteiger partial charge in [-0.15, -0.1) is 0 Å². The number of carbonyl (C=O) groups excluding carboxylic acids is 2. The number of rotatable bonds is 8. The van der Waals surface area contributed by atoms with E-state index in [1.54, 1.807) is 29.2 Å². The summed E-state index contributed by atoms with van der Waals surface area (Å²) in [5.74, 6) is -0.732. The first-order chi connectivity index (χ1) is 14.2. The van der Waals surface area contributed by atoms with Crippen LogP contribution in [0.15, 0.2) is 48.5 Å². The molecule has 1 aliphatic heterocycles. The van der Waals surface area contributed by atoms with Gasteiger partial charge in [0.25, 0.3) is 0 Å². The first-order valence-corrected chi connectivity index (χ1v) is 11.9. The smallest absolute Gasteiger partial charge is 0.229 e. The number of aryl methyl sites for hydroxylation is 1. The van der Waals surface area contributed by atoms with Crippen LogP contribution in [0.3, 0.4) is 0 Å². The number of unbranched alkanes of at least 4 members (excludes halogenated alkanes) is 1. The van der Waals surface area contributed by atoms with Crippen LogP contribution >= 0.6 is 0 Å². The first-order valence-electron chi connectivity index (χ1n) is 10.0. The van der Waals surface area contributed by atoms with Gasteiger partial charge in [0.2, 0.25) is 21.8 Å². The quantitative estimate of drug-likeness (QED) is 0.672. The minimum absolute atomic E-state index is 0.0656. The third kappa shape index (κ3) is 5.82. The third-order valence-electron chi connectivity index (χ3n) is 5.02. The van der Waals surface area contributed by atoms with Gasteiger partial charge >= 0.3 is 0 Å². The second-order valence-corrected chi connectivity index (χ2v) is 9.36. The van der Waals surface area contributed by atoms with Gasteiger partial charge in [-0.2, -0.15) is 0 Å². The molecule has 1 heterocycles. The van der Waals surface area contributed by atoms with E-state index in [1.807, 2.05) is 24.3 Å². The van der Waals surface area contributed by atoms with E-state index in [0.717, 1.165) is 31.2 Å². The average molecular weight is 430 g/mol. The van der Waals surface area contributed by atoms with Crippen molar-refractivity contribution in [3.63, 3.8) is 0 Å². The number of nitrogens with one attached hydrogen (secondary N) is 2. The highest BCUT2D eigenvalue weighted by atomic mass is 32.2. The number of sulfonamides is 1. The van der Waals surface area contributed by atoms with Crippen molar-refractivity contribution in [2.75, 3.05) is 27.7 Å². The lowest BCUT2D eigenvalue weighted by Gasteiger charge is -2.17. The van der Waals surface area contributed by atoms with Gasteiger partial charge in [0.15, 0.2) is 0 Å². The van der Waals surface area contributed by atoms with Crippen molar-refractivity contribution in [3.05, 3.63) is 54.1 Å². The zero-order valence-electron chi connectivity index (χ0n) is 17.2. The highest BCUT2D eigenvalue weighted by molar-refractivity contribution is 7.92. The van der Waals surface area contributed by atoms with Crippen molar-refractivity contribution in [2.24, 2.45) is 5.92 Å². The average Bonchev–Trinajstić information content (AvgIpc) is 3.09. The lowest BCUT2D eigenvalue weighted by molar-refractivity contribution is -0.122. The van der Waals surface area contributed by atoms with E-state index in [1.165, 1.54) is 5.56 Å². The fraction of sp³-hybridized carbons (Fsp3) is 0.364. The molecular formula is C22H27N3O4S. The summed E-state index contributed by atoms with van der Waals surface area (Å²) < 4.78 is 24.9. The predicted octanol–water partition coefficient (Wildman–Crippen LogP) is 3.39. The highest BCUT2D eigenvalue weighted by Gasteiger charge is 2.35. The molecule has 0 spiro atoms. The van der Waals surface area contributed by atoms with Gasteiger partial charge in [0.1, 0.15) is 0 Å². The summed E-state index contributed by atoms with van der Waals surface area (Å²) in [4.78, 5) is 26.7. The van der Waals surface area contributed by atoms with Gasteiger partial charge in [-0.05, 0) is 54.8 Å². The lowest BCUT2D eigenvalue weighted by Crippen LogP contribution is -2.28. The molecular weight excluding hydrogens is 402 g/mol. The van der Waals surface area contributed by atoms with Gasteiger partial charge in [0.05, 0.1) is 12.2 Å². The molecule has 0 aliphatic carbocycles. The summed E-state index contributed by atoms with van der Waals surface area (Å²) in [5.41, 5.74) is 3.02. The minimum atomic E-state index is -3.35. The minimum Gasteiger partial charge on any atom is -0.326 e. The molecule has 0 bridgehead atoms. The first kappa shape index (κ1) is 21.8. The van der Waals surface area contributed by atoms with Crippen LogP contribution in [0.25, 0.3) is 0 Å². The number of anilines is 3. The van der Waals surface area contributed by atoms with E-state index in [-0.39, 0.29) is 18.2 Å². The summed E-state index contributed by atoms with van der Waals surface area (Å²) >= 11 is 0. The number of carbonyl (C=O) groups is 2. The molecule has 8 heteroatoms. The van der Waals surface area contributed by atoms with Crippen LogP contribution in [0, 0.1) is 5.92 Å². The maximum atomic E-state index is 12.6. The molecule has 1 atom stereocenters. The largest absolute Gasteiger partial charge is 0.326 e. The number of nitrogens with zero attached hydrogens (tertiary/aromatic N) is 1. The van der Waals surface area contributed by atoms with Crippen molar-refractivity contribution in [1.82, 2.24) is 0 Å². The van der Waals surface area contributed by atoms with Crippen molar-refractivity contribution in [2.45, 2.75) is 32.6 Å². The molecule has 3 rings (SSSR count). The van der Waals surface area contributed by atoms with Crippen LogP contribution in [0.2, 0.25) is 0 Å². The Balaban J connectivity index is 1.59. The molecule has 2 aromatic rings. The Morgan fingerprint density at radius 3 is 2.30 bits per heavy atom. The van der Waals surface area contributed by atoms with E-state index in [9.17, 15) is 18.0 Å². The van der Waals surface area contributed by atoms with Crippen LogP contribution in [-0.2, 0) is 26.0 Å². The maximum Gasteiger partial charge on any atom is 0.229 e. The second kappa shape index (κ2) is 9.30. The van der Waals surface area contributed by atoms with Gasteiger partial charge in [-0.3, -0.25) is 14.3 Å². The fourth-order valence-electron chi connectivity index (χ4n) is 3.44. The molecule has 1 aliphatic rings. The maximum absolute atomic E-state index is 12.6. The van der Waals surface area contributed by atoms with Crippen molar-refractivity contribution < 1.29 is 18.0 Å². The topological polar surface area (TPSA) is 95.6 Å². The van der Waals surface area contributed by atoms with Gasteiger partial charge in [0, 0.05) is 30.0 Å². The zero-order valence-corrected chi connectivity index (χ0v) is 18.0. The van der Waals surface area contributed by atoms with Crippen LogP contribution in [0.1, 0.15) is 31.7 Å². The highest BCUT2D eigenvalue weighted by Crippen LogP contribution is 2.27. The Morgan fingerprint density at radius 2 is 1.70 bits per heavy atom. The van der Waals surface area contributed by atoms with Gasteiger partial charge in [-0.25, -0.2) is 8.42 Å². The second-order valence-electron chi connectivity index (χ2n) is 7.62. The summed E-state index contributed by atoms with van der Waals surface area (Å²) in [6, 6.07) is 14.3. The van der Waals surface area contributed by atoms with E-state index >= 15 is 0 Å². The van der Waals surface area contributed by atoms with Crippen molar-refractivity contribution >= 4 is 38.9 Å². The summed E-state index contributed by atoms with van der Waals surface area (Å²) in [6.45, 7) is 2.50. The molecule has 7 nitrogen and oxygen atoms in total. The SMILES string of the molecule is CCCCc1ccc(N2CC(C(=O)Nc3ccc(NS(C)(=O)=O)cc3)CC2=O)cc1. The normalized spacial score (nSPS) is 16.5. The number of hydrogen-bond donors (Lipinski definition) is 2. The Bertz CT molecular complexity index is 1000. The van der Waals surface area contributed by atoms with E-state index in [4.69, 9.17) is 0 Å². The standard InChI is InChI=1S/C22H27N3O4S/c1-3-4-5-16-6-12-20(13-7-16)25-15-17(14-21(25)26)22(27)23-18-8-10-19(11-9-18)24-30(2,28)29/h6-13,17,24H,3-5,14-15H2,1-2H3,(H,23,27). The molecule has 0 radical (unpaired) electrons. The molecule has 2 N–H and O–H groups in total. The van der Waals surface area contributed by atoms with Gasteiger partial charge in [-0.1, -0.05) is 25.5 Å². The number of hydrogen-bond acceptors (Lipinski definition) is 4. The zero-order chi connectivity index (χ0) is 21.7. The summed E-state index contributed by atoms with van der Waals surface area (Å²) in [6.07, 6.45) is 4.53. The molecule has 0 saturated carbocycles.